The van der Waals surface area contributed by atoms with Crippen molar-refractivity contribution in [1.29, 1.82) is 5.41 Å². The Morgan fingerprint density at radius 2 is 1.54 bits per heavy atom. The van der Waals surface area contributed by atoms with Crippen molar-refractivity contribution in [2.24, 2.45) is 5.41 Å². The van der Waals surface area contributed by atoms with Crippen LogP contribution in [0.25, 0.3) is 5.76 Å². The largest absolute Gasteiger partial charge is 0.507 e. The minimum atomic E-state index is -0.536. The van der Waals surface area contributed by atoms with Crippen molar-refractivity contribution in [1.82, 2.24) is 0 Å². The van der Waals surface area contributed by atoms with Crippen molar-refractivity contribution in [3.63, 3.8) is 0 Å². The summed E-state index contributed by atoms with van der Waals surface area (Å²) in [6.07, 6.45) is 1.05. The second kappa shape index (κ2) is 8.86. The van der Waals surface area contributed by atoms with Crippen LogP contribution in [0.1, 0.15) is 43.7 Å². The molecule has 0 saturated heterocycles. The third-order valence-electron chi connectivity index (χ3n) is 6.74. The van der Waals surface area contributed by atoms with Crippen LogP contribution in [0.15, 0.2) is 102 Å². The van der Waals surface area contributed by atoms with Gasteiger partial charge in [-0.1, -0.05) is 86.1 Å². The van der Waals surface area contributed by atoms with Gasteiger partial charge < -0.3 is 5.11 Å². The third-order valence-corrected chi connectivity index (χ3v) is 6.99. The van der Waals surface area contributed by atoms with Crippen LogP contribution in [0, 0.1) is 10.8 Å². The number of aliphatic hydroxyl groups excluding tert-OH is 1. The van der Waals surface area contributed by atoms with Crippen molar-refractivity contribution in [2.75, 3.05) is 4.90 Å². The molecule has 2 N–H and O–H groups in total. The molecule has 2 aliphatic rings. The molecule has 5 heteroatoms. The molecule has 3 aromatic rings. The molecule has 0 saturated carbocycles. The molecule has 35 heavy (non-hydrogen) atoms. The number of rotatable bonds is 3. The van der Waals surface area contributed by atoms with Gasteiger partial charge in [0, 0.05) is 45.5 Å². The SMILES string of the molecule is CC1(C)CC(=O)C2=C(C1)N(c1ccc(Cl)cc1)C(=N)C(=C(O)c1ccccc1)C2c1ccccc1. The molecule has 1 aliphatic heterocycles. The molecule has 0 bridgehead atoms. The van der Waals surface area contributed by atoms with Gasteiger partial charge in [0.15, 0.2) is 5.78 Å². The maximum Gasteiger partial charge on any atom is 0.162 e. The first-order chi connectivity index (χ1) is 16.8. The van der Waals surface area contributed by atoms with E-state index in [1.807, 2.05) is 77.7 Å². The van der Waals surface area contributed by atoms with Crippen LogP contribution in [0.4, 0.5) is 5.69 Å². The first-order valence-corrected chi connectivity index (χ1v) is 12.1. The Kier molecular flexibility index (Phi) is 5.86. The fraction of sp³-hybridized carbons (Fsp3) is 0.200. The average molecular weight is 483 g/mol. The van der Waals surface area contributed by atoms with Gasteiger partial charge in [-0.25, -0.2) is 0 Å². The van der Waals surface area contributed by atoms with E-state index >= 15 is 0 Å². The maximum atomic E-state index is 13.8. The Balaban J connectivity index is 1.84. The van der Waals surface area contributed by atoms with E-state index in [0.29, 0.717) is 34.6 Å². The molecule has 1 unspecified atom stereocenters. The monoisotopic (exact) mass is 482 g/mol. The van der Waals surface area contributed by atoms with Crippen LogP contribution in [-0.2, 0) is 4.79 Å². The molecule has 1 heterocycles. The predicted octanol–water partition coefficient (Wildman–Crippen LogP) is 7.53. The van der Waals surface area contributed by atoms with Gasteiger partial charge in [0.25, 0.3) is 0 Å². The molecule has 1 aliphatic carbocycles. The second-order valence-electron chi connectivity index (χ2n) is 9.93. The van der Waals surface area contributed by atoms with Gasteiger partial charge >= 0.3 is 0 Å². The molecule has 1 atom stereocenters. The molecule has 4 nitrogen and oxygen atoms in total. The molecule has 3 aromatic carbocycles. The lowest BCUT2D eigenvalue weighted by atomic mass is 9.67. The van der Waals surface area contributed by atoms with Crippen LogP contribution in [0.2, 0.25) is 5.02 Å². The number of carbonyl (C=O) groups is 1. The number of carbonyl (C=O) groups excluding carboxylic acids is 1. The molecule has 0 amide bonds. The number of hydrogen-bond acceptors (Lipinski definition) is 3. The summed E-state index contributed by atoms with van der Waals surface area (Å²) in [4.78, 5) is 15.6. The van der Waals surface area contributed by atoms with Gasteiger partial charge in [-0.2, -0.15) is 0 Å². The van der Waals surface area contributed by atoms with E-state index in [-0.39, 0.29) is 22.8 Å². The van der Waals surface area contributed by atoms with E-state index < -0.39 is 5.92 Å². The van der Waals surface area contributed by atoms with Gasteiger partial charge in [-0.3, -0.25) is 15.1 Å². The number of aliphatic hydroxyl groups is 1. The first kappa shape index (κ1) is 23.1. The van der Waals surface area contributed by atoms with Crippen molar-refractivity contribution in [2.45, 2.75) is 32.6 Å². The maximum absolute atomic E-state index is 13.8. The molecule has 0 fully saturated rings. The standard InChI is InChI=1S/C30H27ClN2O2/c1-30(2)17-23-26(24(34)18-30)25(19-9-5-3-6-10-19)27(28(35)20-11-7-4-8-12-20)29(32)33(23)22-15-13-21(31)14-16-22/h3-16,25,32,35H,17-18H2,1-2H3. The molecule has 176 valence electrons. The van der Waals surface area contributed by atoms with Crippen LogP contribution in [0.5, 0.6) is 0 Å². The zero-order valence-electron chi connectivity index (χ0n) is 19.8. The van der Waals surface area contributed by atoms with Crippen LogP contribution < -0.4 is 4.90 Å². The van der Waals surface area contributed by atoms with E-state index in [2.05, 4.69) is 13.8 Å². The van der Waals surface area contributed by atoms with Crippen LogP contribution >= 0.6 is 11.6 Å². The Bertz CT molecular complexity index is 1360. The van der Waals surface area contributed by atoms with E-state index in [4.69, 9.17) is 11.6 Å². The number of halogens is 1. The lowest BCUT2D eigenvalue weighted by molar-refractivity contribution is -0.118. The molecule has 5 rings (SSSR count). The minimum Gasteiger partial charge on any atom is -0.507 e. The molecule has 0 spiro atoms. The zero-order valence-corrected chi connectivity index (χ0v) is 20.5. The Morgan fingerprint density at radius 1 is 0.943 bits per heavy atom. The highest BCUT2D eigenvalue weighted by Gasteiger charge is 2.46. The summed E-state index contributed by atoms with van der Waals surface area (Å²) in [5.41, 5.74) is 3.87. The Hall–Kier alpha value is -3.63. The smallest absolute Gasteiger partial charge is 0.162 e. The average Bonchev–Trinajstić information content (AvgIpc) is 2.84. The van der Waals surface area contributed by atoms with E-state index in [0.717, 1.165) is 16.9 Å². The number of ketones is 1. The summed E-state index contributed by atoms with van der Waals surface area (Å²) in [6.45, 7) is 4.17. The highest BCUT2D eigenvalue weighted by atomic mass is 35.5. The topological polar surface area (TPSA) is 64.4 Å². The molecular formula is C30H27ClN2O2. The van der Waals surface area contributed by atoms with Crippen molar-refractivity contribution in [3.05, 3.63) is 118 Å². The fourth-order valence-electron chi connectivity index (χ4n) is 5.22. The first-order valence-electron chi connectivity index (χ1n) is 11.7. The molecule has 0 radical (unpaired) electrons. The van der Waals surface area contributed by atoms with Crippen molar-refractivity contribution >= 4 is 34.7 Å². The summed E-state index contributed by atoms with van der Waals surface area (Å²) < 4.78 is 0. The van der Waals surface area contributed by atoms with Crippen LogP contribution in [0.3, 0.4) is 0 Å². The number of nitrogens with zero attached hydrogens (tertiary/aromatic N) is 1. The number of allylic oxidation sites excluding steroid dienone is 2. The Labute approximate surface area is 210 Å². The zero-order chi connectivity index (χ0) is 24.7. The van der Waals surface area contributed by atoms with Crippen molar-refractivity contribution in [3.8, 4) is 0 Å². The van der Waals surface area contributed by atoms with Gasteiger partial charge in [-0.15, -0.1) is 0 Å². The van der Waals surface area contributed by atoms with E-state index in [1.54, 1.807) is 12.1 Å². The van der Waals surface area contributed by atoms with Gasteiger partial charge in [0.05, 0.1) is 0 Å². The van der Waals surface area contributed by atoms with E-state index in [9.17, 15) is 15.3 Å². The van der Waals surface area contributed by atoms with Gasteiger partial charge in [0.2, 0.25) is 0 Å². The van der Waals surface area contributed by atoms with E-state index in [1.165, 1.54) is 0 Å². The lowest BCUT2D eigenvalue weighted by Crippen LogP contribution is -2.45. The van der Waals surface area contributed by atoms with Crippen molar-refractivity contribution < 1.29 is 9.90 Å². The fourth-order valence-corrected chi connectivity index (χ4v) is 5.35. The number of anilines is 1. The summed E-state index contributed by atoms with van der Waals surface area (Å²) in [6, 6.07) is 26.2. The normalized spacial score (nSPS) is 21.1. The summed E-state index contributed by atoms with van der Waals surface area (Å²) in [7, 11) is 0. The molecule has 0 aromatic heterocycles. The number of Topliss-reactive ketones (excluding diaryl/α,β-unsaturated/α-hetero) is 1. The summed E-state index contributed by atoms with van der Waals surface area (Å²) in [5, 5.41) is 21.6. The summed E-state index contributed by atoms with van der Waals surface area (Å²) >= 11 is 6.17. The van der Waals surface area contributed by atoms with Crippen LogP contribution in [-0.4, -0.2) is 16.7 Å². The highest BCUT2D eigenvalue weighted by molar-refractivity contribution is 6.30. The molecular weight excluding hydrogens is 456 g/mol. The highest BCUT2D eigenvalue weighted by Crippen LogP contribution is 2.51. The number of amidine groups is 1. The number of hydrogen-bond donors (Lipinski definition) is 2. The quantitative estimate of drug-likeness (QED) is 0.379. The minimum absolute atomic E-state index is 0.00704. The lowest BCUT2D eigenvalue weighted by Gasteiger charge is -2.45. The number of benzene rings is 3. The number of nitrogens with one attached hydrogen (secondary N) is 1. The second-order valence-corrected chi connectivity index (χ2v) is 10.4. The third kappa shape index (κ3) is 4.19. The van der Waals surface area contributed by atoms with Gasteiger partial charge in [0.1, 0.15) is 11.6 Å². The summed E-state index contributed by atoms with van der Waals surface area (Å²) in [5.74, 6) is -0.319. The predicted molar refractivity (Wildman–Crippen MR) is 142 cm³/mol. The van der Waals surface area contributed by atoms with Gasteiger partial charge in [-0.05, 0) is 41.7 Å². The Morgan fingerprint density at radius 3 is 2.17 bits per heavy atom.